The highest BCUT2D eigenvalue weighted by Crippen LogP contribution is 2.11. The number of ether oxygens (including phenoxy) is 1. The van der Waals surface area contributed by atoms with Crippen LogP contribution in [-0.2, 0) is 14.3 Å². The number of nitrogens with zero attached hydrogens (tertiary/aromatic N) is 1. The maximum atomic E-state index is 11.7. The van der Waals surface area contributed by atoms with Crippen LogP contribution in [0.3, 0.4) is 0 Å². The van der Waals surface area contributed by atoms with Crippen molar-refractivity contribution in [1.82, 2.24) is 4.90 Å². The molecule has 16 heavy (non-hydrogen) atoms. The Morgan fingerprint density at radius 3 is 2.81 bits per heavy atom. The summed E-state index contributed by atoms with van der Waals surface area (Å²) in [6.45, 7) is 3.82. The topological polar surface area (TPSA) is 66.8 Å². The zero-order valence-electron chi connectivity index (χ0n) is 9.65. The van der Waals surface area contributed by atoms with Gasteiger partial charge in [0.15, 0.2) is 0 Å². The molecule has 1 atom stereocenters. The number of carboxylic acid groups (broad SMARTS) is 1. The number of rotatable bonds is 5. The molecule has 0 spiro atoms. The van der Waals surface area contributed by atoms with Gasteiger partial charge in [0.25, 0.3) is 0 Å². The number of carbonyl (C=O) groups excluding carboxylic acids is 1. The highest BCUT2D eigenvalue weighted by atomic mass is 16.5. The molecular weight excluding hydrogens is 210 g/mol. The first kappa shape index (κ1) is 13.0. The van der Waals surface area contributed by atoms with E-state index in [4.69, 9.17) is 9.84 Å². The van der Waals surface area contributed by atoms with Gasteiger partial charge in [0, 0.05) is 19.5 Å². The van der Waals surface area contributed by atoms with Crippen LogP contribution in [0.1, 0.15) is 32.6 Å². The summed E-state index contributed by atoms with van der Waals surface area (Å²) in [5.74, 6) is -1.00. The standard InChI is InChI=1S/C11H19NO4/c1-2-3-9-8-12(6-7-16-9)10(13)4-5-11(14)15/h9H,2-8H2,1H3,(H,14,15). The van der Waals surface area contributed by atoms with Gasteiger partial charge < -0.3 is 14.7 Å². The molecule has 0 aliphatic carbocycles. The third-order valence-electron chi connectivity index (χ3n) is 2.65. The van der Waals surface area contributed by atoms with Crippen LogP contribution in [0.15, 0.2) is 0 Å². The Bertz CT molecular complexity index is 252. The highest BCUT2D eigenvalue weighted by molar-refractivity contribution is 5.80. The van der Waals surface area contributed by atoms with E-state index in [0.717, 1.165) is 12.8 Å². The SMILES string of the molecule is CCCC1CN(C(=O)CCC(=O)O)CCO1. The van der Waals surface area contributed by atoms with Gasteiger partial charge in [0.05, 0.1) is 19.1 Å². The van der Waals surface area contributed by atoms with Crippen LogP contribution in [0.2, 0.25) is 0 Å². The van der Waals surface area contributed by atoms with Crippen molar-refractivity contribution < 1.29 is 19.4 Å². The second kappa shape index (κ2) is 6.48. The number of hydrogen-bond acceptors (Lipinski definition) is 3. The van der Waals surface area contributed by atoms with Crippen LogP contribution >= 0.6 is 0 Å². The molecule has 92 valence electrons. The van der Waals surface area contributed by atoms with E-state index < -0.39 is 5.97 Å². The molecule has 0 aromatic rings. The Labute approximate surface area is 95.4 Å². The molecule has 0 saturated carbocycles. The first-order valence-corrected chi connectivity index (χ1v) is 5.74. The van der Waals surface area contributed by atoms with Crippen molar-refractivity contribution in [1.29, 1.82) is 0 Å². The van der Waals surface area contributed by atoms with Crippen molar-refractivity contribution in [3.8, 4) is 0 Å². The summed E-state index contributed by atoms with van der Waals surface area (Å²) >= 11 is 0. The summed E-state index contributed by atoms with van der Waals surface area (Å²) in [5, 5.41) is 8.50. The van der Waals surface area contributed by atoms with Gasteiger partial charge in [-0.15, -0.1) is 0 Å². The molecule has 1 aliphatic heterocycles. The monoisotopic (exact) mass is 229 g/mol. The molecule has 0 bridgehead atoms. The second-order valence-corrected chi connectivity index (χ2v) is 4.01. The Morgan fingerprint density at radius 1 is 1.44 bits per heavy atom. The lowest BCUT2D eigenvalue weighted by molar-refractivity contribution is -0.144. The van der Waals surface area contributed by atoms with Crippen LogP contribution in [-0.4, -0.2) is 47.7 Å². The van der Waals surface area contributed by atoms with Crippen LogP contribution in [0.25, 0.3) is 0 Å². The highest BCUT2D eigenvalue weighted by Gasteiger charge is 2.23. The average Bonchev–Trinajstić information content (AvgIpc) is 2.26. The number of carboxylic acids is 1. The maximum absolute atomic E-state index is 11.7. The Hall–Kier alpha value is -1.10. The van der Waals surface area contributed by atoms with Gasteiger partial charge in [0.2, 0.25) is 5.91 Å². The van der Waals surface area contributed by atoms with Crippen molar-refractivity contribution in [2.45, 2.75) is 38.7 Å². The van der Waals surface area contributed by atoms with Crippen LogP contribution in [0.5, 0.6) is 0 Å². The van der Waals surface area contributed by atoms with Crippen molar-refractivity contribution in [2.24, 2.45) is 0 Å². The molecular formula is C11H19NO4. The van der Waals surface area contributed by atoms with Gasteiger partial charge in [0.1, 0.15) is 0 Å². The number of morpholine rings is 1. The van der Waals surface area contributed by atoms with Crippen LogP contribution in [0, 0.1) is 0 Å². The first-order valence-electron chi connectivity index (χ1n) is 5.74. The maximum Gasteiger partial charge on any atom is 0.303 e. The van der Waals surface area contributed by atoms with E-state index in [0.29, 0.717) is 19.7 Å². The molecule has 1 saturated heterocycles. The summed E-state index contributed by atoms with van der Waals surface area (Å²) in [6.07, 6.45) is 2.10. The molecule has 1 unspecified atom stereocenters. The minimum atomic E-state index is -0.924. The third kappa shape index (κ3) is 4.18. The van der Waals surface area contributed by atoms with Gasteiger partial charge >= 0.3 is 5.97 Å². The lowest BCUT2D eigenvalue weighted by Crippen LogP contribution is -2.45. The minimum absolute atomic E-state index is 0.0770. The molecule has 0 aromatic carbocycles. The lowest BCUT2D eigenvalue weighted by Gasteiger charge is -2.32. The van der Waals surface area contributed by atoms with Crippen molar-refractivity contribution >= 4 is 11.9 Å². The summed E-state index contributed by atoms with van der Waals surface area (Å²) < 4.78 is 5.51. The quantitative estimate of drug-likeness (QED) is 0.760. The van der Waals surface area contributed by atoms with E-state index in [9.17, 15) is 9.59 Å². The average molecular weight is 229 g/mol. The molecule has 5 heteroatoms. The van der Waals surface area contributed by atoms with Crippen LogP contribution in [0.4, 0.5) is 0 Å². The zero-order valence-corrected chi connectivity index (χ0v) is 9.65. The fraction of sp³-hybridized carbons (Fsp3) is 0.818. The number of hydrogen-bond donors (Lipinski definition) is 1. The van der Waals surface area contributed by atoms with Crippen LogP contribution < -0.4 is 0 Å². The van der Waals surface area contributed by atoms with E-state index in [1.807, 2.05) is 0 Å². The predicted molar refractivity (Wildman–Crippen MR) is 58.1 cm³/mol. The van der Waals surface area contributed by atoms with Gasteiger partial charge in [-0.05, 0) is 6.42 Å². The molecule has 1 N–H and O–H groups in total. The van der Waals surface area contributed by atoms with Crippen molar-refractivity contribution in [3.05, 3.63) is 0 Å². The van der Waals surface area contributed by atoms with E-state index in [1.165, 1.54) is 0 Å². The summed E-state index contributed by atoms with van der Waals surface area (Å²) in [6, 6.07) is 0. The Balaban J connectivity index is 2.34. The minimum Gasteiger partial charge on any atom is -0.481 e. The van der Waals surface area contributed by atoms with Gasteiger partial charge in [-0.1, -0.05) is 13.3 Å². The molecule has 1 fully saturated rings. The molecule has 1 amide bonds. The van der Waals surface area contributed by atoms with E-state index in [-0.39, 0.29) is 24.9 Å². The molecule has 1 aliphatic rings. The predicted octanol–water partition coefficient (Wildman–Crippen LogP) is 0.879. The fourth-order valence-corrected chi connectivity index (χ4v) is 1.81. The van der Waals surface area contributed by atoms with E-state index in [2.05, 4.69) is 6.92 Å². The number of carbonyl (C=O) groups is 2. The van der Waals surface area contributed by atoms with Crippen molar-refractivity contribution in [3.63, 3.8) is 0 Å². The summed E-state index contributed by atoms with van der Waals surface area (Å²) in [7, 11) is 0. The van der Waals surface area contributed by atoms with E-state index in [1.54, 1.807) is 4.90 Å². The normalized spacial score (nSPS) is 20.8. The van der Waals surface area contributed by atoms with Gasteiger partial charge in [-0.3, -0.25) is 9.59 Å². The molecule has 1 rings (SSSR count). The molecule has 1 heterocycles. The largest absolute Gasteiger partial charge is 0.481 e. The summed E-state index contributed by atoms with van der Waals surface area (Å²) in [4.78, 5) is 23.7. The molecule has 0 aromatic heterocycles. The van der Waals surface area contributed by atoms with E-state index >= 15 is 0 Å². The van der Waals surface area contributed by atoms with Crippen molar-refractivity contribution in [2.75, 3.05) is 19.7 Å². The van der Waals surface area contributed by atoms with Gasteiger partial charge in [-0.25, -0.2) is 0 Å². The summed E-state index contributed by atoms with van der Waals surface area (Å²) in [5.41, 5.74) is 0. The number of aliphatic carboxylic acids is 1. The Morgan fingerprint density at radius 2 is 2.19 bits per heavy atom. The third-order valence-corrected chi connectivity index (χ3v) is 2.65. The Kier molecular flexibility index (Phi) is 5.25. The van der Waals surface area contributed by atoms with Gasteiger partial charge in [-0.2, -0.15) is 0 Å². The molecule has 0 radical (unpaired) electrons. The zero-order chi connectivity index (χ0) is 12.0. The fourth-order valence-electron chi connectivity index (χ4n) is 1.81. The lowest BCUT2D eigenvalue weighted by atomic mass is 10.1. The first-order chi connectivity index (χ1) is 7.63. The second-order valence-electron chi connectivity index (χ2n) is 4.01. The molecule has 5 nitrogen and oxygen atoms in total. The smallest absolute Gasteiger partial charge is 0.303 e. The number of amides is 1.